The number of hydrogen-bond donors (Lipinski definition) is 1. The van der Waals surface area contributed by atoms with E-state index >= 15 is 0 Å². The highest BCUT2D eigenvalue weighted by molar-refractivity contribution is 7.15. The van der Waals surface area contributed by atoms with Crippen molar-refractivity contribution in [2.24, 2.45) is 0 Å². The monoisotopic (exact) mass is 437 g/mol. The first-order chi connectivity index (χ1) is 15.0. The normalized spacial score (nSPS) is 10.8. The van der Waals surface area contributed by atoms with Gasteiger partial charge >= 0.3 is 5.97 Å². The average Bonchev–Trinajstić information content (AvgIpc) is 3.40. The van der Waals surface area contributed by atoms with Gasteiger partial charge in [-0.1, -0.05) is 12.1 Å². The predicted molar refractivity (Wildman–Crippen MR) is 116 cm³/mol. The van der Waals surface area contributed by atoms with E-state index in [4.69, 9.17) is 9.47 Å². The second-order valence-corrected chi connectivity index (χ2v) is 7.39. The van der Waals surface area contributed by atoms with Crippen molar-refractivity contribution in [1.29, 1.82) is 0 Å². The number of carbonyl (C=O) groups excluding carboxylic acids is 2. The van der Waals surface area contributed by atoms with Crippen molar-refractivity contribution in [2.75, 3.05) is 19.0 Å². The molecule has 0 radical (unpaired) electrons. The van der Waals surface area contributed by atoms with Crippen LogP contribution in [0.1, 0.15) is 33.5 Å². The maximum absolute atomic E-state index is 13.1. The van der Waals surface area contributed by atoms with Crippen molar-refractivity contribution in [3.8, 4) is 16.9 Å². The molecule has 0 atom stereocenters. The SMILES string of the molecule is CCOC(=O)c1c(-c2ccc(OC)cc2)csc1NC(=O)c1cc(C)nc2ncnn12. The summed E-state index contributed by atoms with van der Waals surface area (Å²) in [6.07, 6.45) is 1.33. The number of nitrogens with zero attached hydrogens (tertiary/aromatic N) is 4. The zero-order valence-corrected chi connectivity index (χ0v) is 17.9. The number of thiophene rings is 1. The summed E-state index contributed by atoms with van der Waals surface area (Å²) in [5.74, 6) is 0.0762. The van der Waals surface area contributed by atoms with Crippen LogP contribution in [0.4, 0.5) is 5.00 Å². The molecule has 1 amide bonds. The molecule has 10 heteroatoms. The minimum absolute atomic E-state index is 0.216. The Hall–Kier alpha value is -3.79. The van der Waals surface area contributed by atoms with Crippen LogP contribution in [-0.4, -0.2) is 45.2 Å². The lowest BCUT2D eigenvalue weighted by atomic mass is 10.0. The summed E-state index contributed by atoms with van der Waals surface area (Å²) in [5, 5.41) is 9.08. The third kappa shape index (κ3) is 3.97. The predicted octanol–water partition coefficient (Wildman–Crippen LogP) is 3.60. The summed E-state index contributed by atoms with van der Waals surface area (Å²) >= 11 is 1.24. The molecule has 3 aromatic heterocycles. The maximum atomic E-state index is 13.1. The Labute approximate surface area is 181 Å². The Kier molecular flexibility index (Phi) is 5.63. The highest BCUT2D eigenvalue weighted by Crippen LogP contribution is 2.37. The summed E-state index contributed by atoms with van der Waals surface area (Å²) in [6, 6.07) is 8.92. The van der Waals surface area contributed by atoms with Crippen molar-refractivity contribution >= 4 is 34.0 Å². The van der Waals surface area contributed by atoms with Gasteiger partial charge in [-0.25, -0.2) is 9.78 Å². The number of aromatic nitrogens is 4. The van der Waals surface area contributed by atoms with Crippen molar-refractivity contribution in [1.82, 2.24) is 19.6 Å². The molecule has 31 heavy (non-hydrogen) atoms. The van der Waals surface area contributed by atoms with Crippen LogP contribution < -0.4 is 10.1 Å². The summed E-state index contributed by atoms with van der Waals surface area (Å²) in [5.41, 5.74) is 2.65. The molecular weight excluding hydrogens is 418 g/mol. The molecule has 1 N–H and O–H groups in total. The van der Waals surface area contributed by atoms with Crippen LogP contribution in [-0.2, 0) is 4.74 Å². The van der Waals surface area contributed by atoms with E-state index in [0.717, 1.165) is 5.56 Å². The maximum Gasteiger partial charge on any atom is 0.341 e. The Morgan fingerprint density at radius 1 is 1.23 bits per heavy atom. The number of amides is 1. The van der Waals surface area contributed by atoms with Crippen molar-refractivity contribution in [3.63, 3.8) is 0 Å². The number of fused-ring (bicyclic) bond motifs is 1. The highest BCUT2D eigenvalue weighted by Gasteiger charge is 2.24. The zero-order valence-electron chi connectivity index (χ0n) is 17.1. The number of esters is 1. The first-order valence-corrected chi connectivity index (χ1v) is 10.3. The van der Waals surface area contributed by atoms with Gasteiger partial charge < -0.3 is 14.8 Å². The molecule has 3 heterocycles. The van der Waals surface area contributed by atoms with Crippen LogP contribution in [0.15, 0.2) is 42.0 Å². The average molecular weight is 437 g/mol. The Bertz CT molecular complexity index is 1260. The molecular formula is C21H19N5O4S. The smallest absolute Gasteiger partial charge is 0.341 e. The van der Waals surface area contributed by atoms with Gasteiger partial charge in [0.05, 0.1) is 13.7 Å². The van der Waals surface area contributed by atoms with Crippen molar-refractivity contribution in [2.45, 2.75) is 13.8 Å². The van der Waals surface area contributed by atoms with E-state index in [1.54, 1.807) is 39.2 Å². The van der Waals surface area contributed by atoms with Gasteiger partial charge in [-0.2, -0.15) is 14.6 Å². The van der Waals surface area contributed by atoms with Crippen LogP contribution >= 0.6 is 11.3 Å². The zero-order chi connectivity index (χ0) is 22.0. The fourth-order valence-corrected chi connectivity index (χ4v) is 4.05. The Morgan fingerprint density at radius 2 is 2.00 bits per heavy atom. The molecule has 0 fully saturated rings. The van der Waals surface area contributed by atoms with E-state index in [0.29, 0.717) is 33.3 Å². The molecule has 0 bridgehead atoms. The molecule has 0 spiro atoms. The summed E-state index contributed by atoms with van der Waals surface area (Å²) < 4.78 is 11.8. The minimum Gasteiger partial charge on any atom is -0.497 e. The second-order valence-electron chi connectivity index (χ2n) is 6.51. The van der Waals surface area contributed by atoms with E-state index in [1.165, 1.54) is 22.2 Å². The minimum atomic E-state index is -0.512. The molecule has 0 aliphatic heterocycles. The van der Waals surface area contributed by atoms with E-state index < -0.39 is 11.9 Å². The number of anilines is 1. The molecule has 0 saturated heterocycles. The number of rotatable bonds is 6. The largest absolute Gasteiger partial charge is 0.497 e. The fourth-order valence-electron chi connectivity index (χ4n) is 3.10. The molecule has 0 aliphatic carbocycles. The van der Waals surface area contributed by atoms with E-state index in [1.807, 2.05) is 17.5 Å². The number of nitrogens with one attached hydrogen (secondary N) is 1. The first-order valence-electron chi connectivity index (χ1n) is 9.43. The van der Waals surface area contributed by atoms with Gasteiger partial charge in [0, 0.05) is 16.6 Å². The Balaban J connectivity index is 1.73. The molecule has 158 valence electrons. The lowest BCUT2D eigenvalue weighted by Gasteiger charge is -2.10. The van der Waals surface area contributed by atoms with Gasteiger partial charge in [0.25, 0.3) is 11.7 Å². The van der Waals surface area contributed by atoms with Gasteiger partial charge in [0.1, 0.15) is 28.3 Å². The lowest BCUT2D eigenvalue weighted by molar-refractivity contribution is 0.0529. The summed E-state index contributed by atoms with van der Waals surface area (Å²) in [6.45, 7) is 3.71. The molecule has 4 rings (SSSR count). The van der Waals surface area contributed by atoms with Crippen LogP contribution in [0.25, 0.3) is 16.9 Å². The molecule has 0 aliphatic rings. The summed E-state index contributed by atoms with van der Waals surface area (Å²) in [4.78, 5) is 34.1. The van der Waals surface area contributed by atoms with Gasteiger partial charge in [-0.15, -0.1) is 11.3 Å². The molecule has 1 aromatic carbocycles. The molecule has 9 nitrogen and oxygen atoms in total. The van der Waals surface area contributed by atoms with E-state index in [-0.39, 0.29) is 12.3 Å². The van der Waals surface area contributed by atoms with Crippen molar-refractivity contribution < 1.29 is 19.1 Å². The van der Waals surface area contributed by atoms with Crippen LogP contribution in [0, 0.1) is 6.92 Å². The number of benzene rings is 1. The second kappa shape index (κ2) is 8.52. The highest BCUT2D eigenvalue weighted by atomic mass is 32.1. The quantitative estimate of drug-likeness (QED) is 0.459. The molecule has 4 aromatic rings. The van der Waals surface area contributed by atoms with Gasteiger partial charge in [0.2, 0.25) is 0 Å². The van der Waals surface area contributed by atoms with Crippen LogP contribution in [0.5, 0.6) is 5.75 Å². The lowest BCUT2D eigenvalue weighted by Crippen LogP contribution is -2.19. The topological polar surface area (TPSA) is 108 Å². The molecule has 0 saturated carbocycles. The standard InChI is InChI=1S/C21H19N5O4S/c1-4-30-20(28)17-15(13-5-7-14(29-3)8-6-13)10-31-19(17)25-18(27)16-9-12(2)24-21-22-11-23-26(16)21/h5-11H,4H2,1-3H3,(H,25,27). The Morgan fingerprint density at radius 3 is 2.71 bits per heavy atom. The third-order valence-electron chi connectivity index (χ3n) is 4.51. The van der Waals surface area contributed by atoms with Crippen LogP contribution in [0.3, 0.4) is 0 Å². The summed E-state index contributed by atoms with van der Waals surface area (Å²) in [7, 11) is 1.59. The van der Waals surface area contributed by atoms with E-state index in [9.17, 15) is 9.59 Å². The van der Waals surface area contributed by atoms with E-state index in [2.05, 4.69) is 20.4 Å². The van der Waals surface area contributed by atoms with Crippen molar-refractivity contribution in [3.05, 3.63) is 59.0 Å². The van der Waals surface area contributed by atoms with Gasteiger partial charge in [0.15, 0.2) is 0 Å². The van der Waals surface area contributed by atoms with Gasteiger partial charge in [-0.05, 0) is 37.6 Å². The number of ether oxygens (including phenoxy) is 2. The van der Waals surface area contributed by atoms with Crippen LogP contribution in [0.2, 0.25) is 0 Å². The molecule has 0 unspecified atom stereocenters. The number of methoxy groups -OCH3 is 1. The fraction of sp³-hybridized carbons (Fsp3) is 0.190. The number of hydrogen-bond acceptors (Lipinski definition) is 8. The number of carbonyl (C=O) groups is 2. The first kappa shape index (κ1) is 20.5. The van der Waals surface area contributed by atoms with Gasteiger partial charge in [-0.3, -0.25) is 4.79 Å². The third-order valence-corrected chi connectivity index (χ3v) is 5.41. The number of aryl methyl sites for hydroxylation is 1.